The molecule has 1 N–H and O–H groups in total. The molecule has 0 saturated heterocycles. The van der Waals surface area contributed by atoms with Crippen molar-refractivity contribution < 1.29 is 0 Å². The molecule has 0 spiro atoms. The average molecular weight is 268 g/mol. The Kier molecular flexibility index (Phi) is 4.09. The Morgan fingerprint density at radius 1 is 1.20 bits per heavy atom. The lowest BCUT2D eigenvalue weighted by Gasteiger charge is -2.18. The van der Waals surface area contributed by atoms with Crippen LogP contribution in [-0.4, -0.2) is 9.78 Å². The van der Waals surface area contributed by atoms with Crippen LogP contribution in [0.3, 0.4) is 0 Å². The van der Waals surface area contributed by atoms with Crippen LogP contribution in [0.1, 0.15) is 31.9 Å². The molecule has 4 heteroatoms. The van der Waals surface area contributed by atoms with Crippen LogP contribution < -0.4 is 5.32 Å². The average Bonchev–Trinajstić information content (AvgIpc) is 2.87. The van der Waals surface area contributed by atoms with Crippen LogP contribution in [-0.2, 0) is 18.5 Å². The van der Waals surface area contributed by atoms with Crippen LogP contribution in [0.5, 0.6) is 0 Å². The predicted octanol–water partition coefficient (Wildman–Crippen LogP) is 3.32. The molecule has 1 aromatic carbocycles. The fourth-order valence-corrected chi connectivity index (χ4v) is 1.85. The molecule has 0 saturated carbocycles. The van der Waals surface area contributed by atoms with Crippen molar-refractivity contribution in [2.45, 2.75) is 39.3 Å². The zero-order chi connectivity index (χ0) is 14.6. The van der Waals surface area contributed by atoms with Crippen LogP contribution in [0.15, 0.2) is 36.7 Å². The summed E-state index contributed by atoms with van der Waals surface area (Å²) in [7, 11) is 0. The minimum absolute atomic E-state index is 0.0111. The number of aromatic nitrogens is 2. The molecule has 0 aliphatic rings. The maximum Gasteiger partial charge on any atom is 0.0669 e. The Morgan fingerprint density at radius 3 is 2.45 bits per heavy atom. The molecule has 20 heavy (non-hydrogen) atoms. The molecule has 0 atom stereocenters. The first-order valence-electron chi connectivity index (χ1n) is 6.73. The number of nitrogens with zero attached hydrogens (tertiary/aromatic N) is 3. The molecular weight excluding hydrogens is 248 g/mol. The summed E-state index contributed by atoms with van der Waals surface area (Å²) in [5.74, 6) is 0. The van der Waals surface area contributed by atoms with Crippen LogP contribution in [0.4, 0.5) is 5.69 Å². The standard InChI is InChI=1S/C16H20N4/c1-16(2,3)20-12-14(11-19-20)10-18-15-6-4-13(5-7-15)8-9-17/h4-7,11-12,18H,8,10H2,1-3H3. The van der Waals surface area contributed by atoms with E-state index in [0.717, 1.165) is 23.4 Å². The van der Waals surface area contributed by atoms with Crippen molar-refractivity contribution >= 4 is 5.69 Å². The van der Waals surface area contributed by atoms with Gasteiger partial charge in [0.2, 0.25) is 0 Å². The van der Waals surface area contributed by atoms with E-state index in [1.54, 1.807) is 0 Å². The van der Waals surface area contributed by atoms with Crippen LogP contribution in [0.25, 0.3) is 0 Å². The number of nitriles is 1. The van der Waals surface area contributed by atoms with Gasteiger partial charge in [-0.15, -0.1) is 0 Å². The SMILES string of the molecule is CC(C)(C)n1cc(CNc2ccc(CC#N)cc2)cn1. The van der Waals surface area contributed by atoms with Crippen molar-refractivity contribution in [3.63, 3.8) is 0 Å². The van der Waals surface area contributed by atoms with Crippen molar-refractivity contribution in [3.8, 4) is 6.07 Å². The molecular formula is C16H20N4. The van der Waals surface area contributed by atoms with Gasteiger partial charge in [0.15, 0.2) is 0 Å². The maximum absolute atomic E-state index is 8.63. The highest BCUT2D eigenvalue weighted by molar-refractivity contribution is 5.45. The minimum atomic E-state index is 0.0111. The van der Waals surface area contributed by atoms with Gasteiger partial charge in [-0.1, -0.05) is 12.1 Å². The van der Waals surface area contributed by atoms with E-state index in [1.807, 2.05) is 35.1 Å². The van der Waals surface area contributed by atoms with Crippen LogP contribution in [0, 0.1) is 11.3 Å². The van der Waals surface area contributed by atoms with E-state index in [1.165, 1.54) is 0 Å². The molecule has 0 radical (unpaired) electrons. The summed E-state index contributed by atoms with van der Waals surface area (Å²) in [4.78, 5) is 0. The fraction of sp³-hybridized carbons (Fsp3) is 0.375. The summed E-state index contributed by atoms with van der Waals surface area (Å²) in [6.45, 7) is 7.13. The molecule has 2 rings (SSSR count). The molecule has 1 aromatic heterocycles. The van der Waals surface area contributed by atoms with Crippen molar-refractivity contribution in [1.82, 2.24) is 9.78 Å². The third kappa shape index (κ3) is 3.61. The Hall–Kier alpha value is -2.28. The van der Waals surface area contributed by atoms with Gasteiger partial charge >= 0.3 is 0 Å². The second-order valence-electron chi connectivity index (χ2n) is 5.85. The van der Waals surface area contributed by atoms with Crippen molar-refractivity contribution in [3.05, 3.63) is 47.8 Å². The molecule has 0 aliphatic heterocycles. The van der Waals surface area contributed by atoms with Gasteiger partial charge < -0.3 is 5.32 Å². The monoisotopic (exact) mass is 268 g/mol. The summed E-state index contributed by atoms with van der Waals surface area (Å²) in [6, 6.07) is 10.1. The molecule has 0 bridgehead atoms. The normalized spacial score (nSPS) is 11.1. The lowest BCUT2D eigenvalue weighted by Crippen LogP contribution is -2.21. The molecule has 4 nitrogen and oxygen atoms in total. The van der Waals surface area contributed by atoms with E-state index < -0.39 is 0 Å². The molecule has 0 unspecified atom stereocenters. The second kappa shape index (κ2) is 5.79. The van der Waals surface area contributed by atoms with Crippen LogP contribution >= 0.6 is 0 Å². The third-order valence-corrected chi connectivity index (χ3v) is 3.06. The number of hydrogen-bond acceptors (Lipinski definition) is 3. The van der Waals surface area contributed by atoms with E-state index in [-0.39, 0.29) is 5.54 Å². The third-order valence-electron chi connectivity index (χ3n) is 3.06. The van der Waals surface area contributed by atoms with Crippen molar-refractivity contribution in [2.75, 3.05) is 5.32 Å². The summed E-state index contributed by atoms with van der Waals surface area (Å²) in [5.41, 5.74) is 3.26. The smallest absolute Gasteiger partial charge is 0.0669 e. The minimum Gasteiger partial charge on any atom is -0.381 e. The molecule has 104 valence electrons. The maximum atomic E-state index is 8.63. The lowest BCUT2D eigenvalue weighted by atomic mass is 10.1. The second-order valence-corrected chi connectivity index (χ2v) is 5.85. The van der Waals surface area contributed by atoms with Gasteiger partial charge in [0, 0.05) is 24.0 Å². The number of benzene rings is 1. The number of rotatable bonds is 4. The quantitative estimate of drug-likeness (QED) is 0.925. The molecule has 0 fully saturated rings. The summed E-state index contributed by atoms with van der Waals surface area (Å²) in [5, 5.41) is 16.4. The van der Waals surface area contributed by atoms with Gasteiger partial charge in [0.05, 0.1) is 24.2 Å². The Morgan fingerprint density at radius 2 is 1.90 bits per heavy atom. The number of anilines is 1. The van der Waals surface area contributed by atoms with Gasteiger partial charge in [-0.05, 0) is 38.5 Å². The number of nitrogens with one attached hydrogen (secondary N) is 1. The van der Waals surface area contributed by atoms with Crippen molar-refractivity contribution in [2.24, 2.45) is 0 Å². The Bertz CT molecular complexity index is 597. The first-order valence-corrected chi connectivity index (χ1v) is 6.73. The van der Waals surface area contributed by atoms with Gasteiger partial charge in [-0.2, -0.15) is 10.4 Å². The van der Waals surface area contributed by atoms with E-state index >= 15 is 0 Å². The molecule has 1 heterocycles. The van der Waals surface area contributed by atoms with E-state index in [4.69, 9.17) is 5.26 Å². The first-order chi connectivity index (χ1) is 9.49. The topological polar surface area (TPSA) is 53.6 Å². The number of hydrogen-bond donors (Lipinski definition) is 1. The van der Waals surface area contributed by atoms with E-state index in [9.17, 15) is 0 Å². The van der Waals surface area contributed by atoms with E-state index in [2.05, 4.69) is 43.5 Å². The van der Waals surface area contributed by atoms with Gasteiger partial charge in [0.1, 0.15) is 0 Å². The van der Waals surface area contributed by atoms with Gasteiger partial charge in [0.25, 0.3) is 0 Å². The molecule has 0 aliphatic carbocycles. The summed E-state index contributed by atoms with van der Waals surface area (Å²) in [6.07, 6.45) is 4.41. The highest BCUT2D eigenvalue weighted by Gasteiger charge is 2.13. The molecule has 0 amide bonds. The zero-order valence-corrected chi connectivity index (χ0v) is 12.2. The zero-order valence-electron chi connectivity index (χ0n) is 12.2. The van der Waals surface area contributed by atoms with Crippen LogP contribution in [0.2, 0.25) is 0 Å². The first kappa shape index (κ1) is 14.1. The highest BCUT2D eigenvalue weighted by Crippen LogP contribution is 2.15. The Labute approximate surface area is 120 Å². The predicted molar refractivity (Wildman–Crippen MR) is 80.3 cm³/mol. The summed E-state index contributed by atoms with van der Waals surface area (Å²) >= 11 is 0. The van der Waals surface area contributed by atoms with Gasteiger partial charge in [-0.25, -0.2) is 0 Å². The molecule has 2 aromatic rings. The summed E-state index contributed by atoms with van der Waals surface area (Å²) < 4.78 is 1.97. The van der Waals surface area contributed by atoms with E-state index in [0.29, 0.717) is 6.42 Å². The van der Waals surface area contributed by atoms with Crippen molar-refractivity contribution in [1.29, 1.82) is 5.26 Å². The lowest BCUT2D eigenvalue weighted by molar-refractivity contribution is 0.355. The largest absolute Gasteiger partial charge is 0.381 e. The Balaban J connectivity index is 1.95. The van der Waals surface area contributed by atoms with Gasteiger partial charge in [-0.3, -0.25) is 4.68 Å². The fourth-order valence-electron chi connectivity index (χ4n) is 1.85. The highest BCUT2D eigenvalue weighted by atomic mass is 15.3.